The van der Waals surface area contributed by atoms with E-state index in [-0.39, 0.29) is 0 Å². The van der Waals surface area contributed by atoms with Crippen molar-refractivity contribution in [2.45, 2.75) is 12.8 Å². The molecule has 0 saturated carbocycles. The number of methoxy groups -OCH3 is 4. The number of halogens is 2. The van der Waals surface area contributed by atoms with Crippen molar-refractivity contribution in [1.82, 2.24) is 0 Å². The molecule has 2 rings (SSSR count). The van der Waals surface area contributed by atoms with Gasteiger partial charge in [-0.3, -0.25) is 0 Å². The number of rotatable bonds is 10. The molecular weight excluding hydrogens is 480 g/mol. The van der Waals surface area contributed by atoms with E-state index in [4.69, 9.17) is 23.7 Å². The van der Waals surface area contributed by atoms with Crippen molar-refractivity contribution in [3.8, 4) is 34.5 Å². The van der Waals surface area contributed by atoms with Crippen molar-refractivity contribution in [3.05, 3.63) is 35.4 Å². The molecule has 0 aliphatic carbocycles. The van der Waals surface area contributed by atoms with Crippen molar-refractivity contribution < 1.29 is 23.7 Å². The normalized spacial score (nSPS) is 10.4. The van der Waals surface area contributed by atoms with E-state index in [1.54, 1.807) is 28.4 Å². The van der Waals surface area contributed by atoms with Gasteiger partial charge in [-0.2, -0.15) is 0 Å². The third-order valence-corrected chi connectivity index (χ3v) is 4.91. The van der Waals surface area contributed by atoms with E-state index in [0.717, 1.165) is 46.1 Å². The van der Waals surface area contributed by atoms with Gasteiger partial charge in [-0.1, -0.05) is 31.9 Å². The molecule has 0 heterocycles. The van der Waals surface area contributed by atoms with E-state index >= 15 is 0 Å². The summed E-state index contributed by atoms with van der Waals surface area (Å²) in [6.07, 6.45) is 1.47. The first-order valence-corrected chi connectivity index (χ1v) is 10.7. The quantitative estimate of drug-likeness (QED) is 0.407. The summed E-state index contributed by atoms with van der Waals surface area (Å²) in [7, 11) is 6.51. The van der Waals surface area contributed by atoms with Crippen LogP contribution in [0.3, 0.4) is 0 Å². The minimum Gasteiger partial charge on any atom is -0.493 e. The van der Waals surface area contributed by atoms with Crippen molar-refractivity contribution >= 4 is 31.9 Å². The molecule has 0 amide bonds. The Balaban J connectivity index is 2.56. The second kappa shape index (κ2) is 10.7. The number of benzene rings is 2. The van der Waals surface area contributed by atoms with Gasteiger partial charge in [-0.15, -0.1) is 0 Å². The van der Waals surface area contributed by atoms with Crippen LogP contribution >= 0.6 is 31.9 Å². The Morgan fingerprint density at radius 3 is 1.26 bits per heavy atom. The van der Waals surface area contributed by atoms with E-state index < -0.39 is 0 Å². The Morgan fingerprint density at radius 2 is 0.963 bits per heavy atom. The van der Waals surface area contributed by atoms with Gasteiger partial charge in [0.05, 0.1) is 28.4 Å². The minimum atomic E-state index is 0.675. The molecule has 7 heteroatoms. The second-order valence-electron chi connectivity index (χ2n) is 5.54. The summed E-state index contributed by atoms with van der Waals surface area (Å²) in [5, 5.41) is 1.54. The van der Waals surface area contributed by atoms with Gasteiger partial charge in [0, 0.05) is 21.8 Å². The third kappa shape index (κ3) is 4.82. The van der Waals surface area contributed by atoms with Gasteiger partial charge < -0.3 is 23.7 Å². The lowest BCUT2D eigenvalue weighted by molar-refractivity contribution is 0.344. The van der Waals surface area contributed by atoms with Crippen LogP contribution in [0, 0.1) is 0 Å². The fourth-order valence-corrected chi connectivity index (χ4v) is 3.71. The fraction of sp³-hybridized carbons (Fsp3) is 0.400. The average Bonchev–Trinajstić information content (AvgIpc) is 2.69. The molecule has 2 aromatic rings. The molecule has 148 valence electrons. The molecule has 0 radical (unpaired) electrons. The van der Waals surface area contributed by atoms with Crippen LogP contribution in [0.25, 0.3) is 0 Å². The van der Waals surface area contributed by atoms with Gasteiger partial charge in [0.25, 0.3) is 0 Å². The Morgan fingerprint density at radius 1 is 0.593 bits per heavy atom. The summed E-state index contributed by atoms with van der Waals surface area (Å²) in [6.45, 7) is 0. The van der Waals surface area contributed by atoms with Gasteiger partial charge in [0.15, 0.2) is 23.0 Å². The molecule has 0 bridgehead atoms. The maximum Gasteiger partial charge on any atom is 0.167 e. The first-order chi connectivity index (χ1) is 13.1. The van der Waals surface area contributed by atoms with Crippen LogP contribution in [0.1, 0.15) is 11.1 Å². The zero-order valence-corrected chi connectivity index (χ0v) is 19.1. The Hall–Kier alpha value is -1.60. The van der Waals surface area contributed by atoms with Crippen LogP contribution in [0.15, 0.2) is 24.3 Å². The number of hydrogen-bond acceptors (Lipinski definition) is 5. The highest BCUT2D eigenvalue weighted by atomic mass is 79.9. The number of hydrogen-bond donors (Lipinski definition) is 0. The van der Waals surface area contributed by atoms with Crippen LogP contribution in [0.5, 0.6) is 34.5 Å². The van der Waals surface area contributed by atoms with Crippen molar-refractivity contribution in [1.29, 1.82) is 0 Å². The van der Waals surface area contributed by atoms with E-state index in [1.807, 2.05) is 24.3 Å². The van der Waals surface area contributed by atoms with E-state index in [2.05, 4.69) is 31.9 Å². The van der Waals surface area contributed by atoms with Gasteiger partial charge in [-0.05, 0) is 37.1 Å². The maximum atomic E-state index is 6.32. The molecule has 0 atom stereocenters. The maximum absolute atomic E-state index is 6.32. The minimum absolute atomic E-state index is 0.675. The molecule has 0 saturated heterocycles. The molecule has 0 fully saturated rings. The van der Waals surface area contributed by atoms with E-state index in [9.17, 15) is 0 Å². The highest BCUT2D eigenvalue weighted by Gasteiger charge is 2.20. The Labute approximate surface area is 177 Å². The summed E-state index contributed by atoms with van der Waals surface area (Å²) in [5.74, 6) is 4.14. The summed E-state index contributed by atoms with van der Waals surface area (Å²) >= 11 is 7.00. The zero-order valence-electron chi connectivity index (χ0n) is 15.9. The lowest BCUT2D eigenvalue weighted by atomic mass is 10.1. The number of alkyl halides is 2. The first kappa shape index (κ1) is 21.7. The van der Waals surface area contributed by atoms with Gasteiger partial charge in [0.1, 0.15) is 11.5 Å². The number of ether oxygens (including phenoxy) is 5. The highest BCUT2D eigenvalue weighted by Crippen LogP contribution is 2.43. The molecule has 0 unspecified atom stereocenters. The van der Waals surface area contributed by atoms with E-state index in [0.29, 0.717) is 23.0 Å². The SMILES string of the molecule is COc1ccc(Oc2ccc(OC)c(OC)c2CCBr)c(CCBr)c1OC. The smallest absolute Gasteiger partial charge is 0.167 e. The summed E-state index contributed by atoms with van der Waals surface area (Å²) in [4.78, 5) is 0. The highest BCUT2D eigenvalue weighted by molar-refractivity contribution is 9.09. The predicted octanol–water partition coefficient (Wildman–Crippen LogP) is 5.39. The first-order valence-electron chi connectivity index (χ1n) is 8.42. The monoisotopic (exact) mass is 502 g/mol. The molecule has 0 aromatic heterocycles. The van der Waals surface area contributed by atoms with Crippen molar-refractivity contribution in [2.24, 2.45) is 0 Å². The zero-order chi connectivity index (χ0) is 19.8. The van der Waals surface area contributed by atoms with Crippen LogP contribution < -0.4 is 23.7 Å². The van der Waals surface area contributed by atoms with Crippen LogP contribution in [0.2, 0.25) is 0 Å². The van der Waals surface area contributed by atoms with Gasteiger partial charge >= 0.3 is 0 Å². The fourth-order valence-electron chi connectivity index (χ4n) is 2.92. The topological polar surface area (TPSA) is 46.2 Å². The molecule has 27 heavy (non-hydrogen) atoms. The van der Waals surface area contributed by atoms with Crippen LogP contribution in [-0.4, -0.2) is 39.1 Å². The van der Waals surface area contributed by atoms with Crippen molar-refractivity contribution in [3.63, 3.8) is 0 Å². The van der Waals surface area contributed by atoms with Crippen LogP contribution in [0.4, 0.5) is 0 Å². The molecule has 0 spiro atoms. The van der Waals surface area contributed by atoms with Crippen LogP contribution in [-0.2, 0) is 12.8 Å². The predicted molar refractivity (Wildman–Crippen MR) is 114 cm³/mol. The second-order valence-corrected chi connectivity index (χ2v) is 7.12. The summed E-state index contributed by atoms with van der Waals surface area (Å²) in [5.41, 5.74) is 1.88. The van der Waals surface area contributed by atoms with Gasteiger partial charge in [0.2, 0.25) is 0 Å². The Kier molecular flexibility index (Phi) is 8.57. The van der Waals surface area contributed by atoms with Gasteiger partial charge in [-0.25, -0.2) is 0 Å². The largest absolute Gasteiger partial charge is 0.493 e. The molecule has 2 aromatic carbocycles. The molecule has 0 aliphatic rings. The van der Waals surface area contributed by atoms with Crippen molar-refractivity contribution in [2.75, 3.05) is 39.1 Å². The van der Waals surface area contributed by atoms with E-state index in [1.165, 1.54) is 0 Å². The molecule has 0 aliphatic heterocycles. The lowest BCUT2D eigenvalue weighted by Crippen LogP contribution is -2.03. The summed E-state index contributed by atoms with van der Waals surface area (Å²) in [6, 6.07) is 7.48. The lowest BCUT2D eigenvalue weighted by Gasteiger charge is -2.20. The molecule has 5 nitrogen and oxygen atoms in total. The molecule has 0 N–H and O–H groups in total. The average molecular weight is 504 g/mol. The Bertz CT molecular complexity index is 701. The molecular formula is C20H24Br2O5. The standard InChI is InChI=1S/C20H24Br2O5/c1-23-17-7-5-15(13(9-11-21)19(17)25-3)27-16-6-8-18(24-2)20(26-4)14(16)10-12-22/h5-8H,9-12H2,1-4H3. The third-order valence-electron chi connectivity index (χ3n) is 4.12. The summed E-state index contributed by atoms with van der Waals surface area (Å²) < 4.78 is 28.3.